The van der Waals surface area contributed by atoms with E-state index in [1.807, 2.05) is 54.5 Å². The van der Waals surface area contributed by atoms with Gasteiger partial charge in [0.2, 0.25) is 23.9 Å². The van der Waals surface area contributed by atoms with Crippen LogP contribution in [0.25, 0.3) is 53.9 Å². The number of aliphatic hydroxyl groups excluding tert-OH is 2. The third-order valence-electron chi connectivity index (χ3n) is 18.0. The molecule has 0 aromatic heterocycles. The van der Waals surface area contributed by atoms with Gasteiger partial charge < -0.3 is 39.8 Å². The molecule has 2 unspecified atom stereocenters. The van der Waals surface area contributed by atoms with Gasteiger partial charge in [0.1, 0.15) is 58.1 Å². The Hall–Kier alpha value is -10.7. The van der Waals surface area contributed by atoms with E-state index in [0.717, 1.165) is 62.5 Å². The molecular weight excluding hydrogens is 1360 g/mol. The highest BCUT2D eigenvalue weighted by molar-refractivity contribution is 6.45. The molecule has 10 aromatic carbocycles. The summed E-state index contributed by atoms with van der Waals surface area (Å²) in [5, 5.41) is 22.6. The Kier molecular flexibility index (Phi) is 18.1. The Morgan fingerprint density at radius 2 is 0.676 bits per heavy atom. The van der Waals surface area contributed by atoms with Crippen LogP contribution in [-0.2, 0) is 9.59 Å². The van der Waals surface area contributed by atoms with Crippen LogP contribution in [0.5, 0.6) is 46.0 Å². The molecule has 102 heavy (non-hydrogen) atoms. The fourth-order valence-corrected chi connectivity index (χ4v) is 12.9. The smallest absolute Gasteiger partial charge is 0.417 e. The largest absolute Gasteiger partial charge is 0.457 e. The van der Waals surface area contributed by atoms with Gasteiger partial charge in [-0.1, -0.05) is 102 Å². The van der Waals surface area contributed by atoms with Crippen LogP contribution in [0.15, 0.2) is 133 Å². The molecule has 16 nitrogen and oxygen atoms in total. The lowest BCUT2D eigenvalue weighted by Gasteiger charge is -2.36. The number of benzene rings is 10. The van der Waals surface area contributed by atoms with Crippen molar-refractivity contribution in [1.82, 2.24) is 20.4 Å². The molecule has 6 amide bonds. The third-order valence-corrected chi connectivity index (χ3v) is 18.0. The average molecular weight is 1420 g/mol. The summed E-state index contributed by atoms with van der Waals surface area (Å²) < 4.78 is 198. The van der Waals surface area contributed by atoms with Crippen LogP contribution in [0.2, 0.25) is 0 Å². The van der Waals surface area contributed by atoms with E-state index in [1.165, 1.54) is 42.5 Å². The van der Waals surface area contributed by atoms with Gasteiger partial charge in [0, 0.05) is 43.1 Å². The molecule has 4 N–H and O–H groups in total. The molecule has 10 aromatic rings. The van der Waals surface area contributed by atoms with E-state index in [1.54, 1.807) is 60.7 Å². The van der Waals surface area contributed by atoms with Crippen molar-refractivity contribution in [2.24, 2.45) is 0 Å². The molecule has 0 spiro atoms. The minimum Gasteiger partial charge on any atom is -0.457 e. The zero-order valence-corrected chi connectivity index (χ0v) is 54.6. The lowest BCUT2D eigenvalue weighted by atomic mass is 9.80. The maximum Gasteiger partial charge on any atom is 0.417 e. The normalized spacial score (nSPS) is 14.5. The molecule has 530 valence electrons. The van der Waals surface area contributed by atoms with Gasteiger partial charge in [-0.05, 0) is 131 Å². The number of amides is 6. The van der Waals surface area contributed by atoms with Crippen molar-refractivity contribution >= 4 is 89.3 Å². The highest BCUT2D eigenvalue weighted by Crippen LogP contribution is 2.58. The topological polar surface area (TPSA) is 210 Å². The van der Waals surface area contributed by atoms with Gasteiger partial charge in [-0.25, -0.2) is 0 Å². The van der Waals surface area contributed by atoms with Crippen LogP contribution in [0, 0.1) is 6.92 Å². The number of nitrogens with zero attached hydrogens (tertiary/aromatic N) is 2. The third kappa shape index (κ3) is 12.7. The number of ether oxygens (including phenoxy) is 4. The minimum atomic E-state index is -6.21. The van der Waals surface area contributed by atoms with Crippen LogP contribution < -0.4 is 29.6 Å². The zero-order valence-electron chi connectivity index (χ0n) is 54.6. The van der Waals surface area contributed by atoms with Crippen LogP contribution in [0.4, 0.5) is 52.7 Å². The SMILES string of the molecule is Cc1cccc2cc(Oc3cc4c5c(cc(Oc6ccc(C(C)C)cc6)c6c7c(Oc8ccc(C(C)C)cc8)cc8c9c(cc(Oc%10ccc(C(C)C)cc%10)c(c3c56)c97)C(=O)N(C(CO)C(=O)NC(C(F)(F)F)C(F)(F)F)C8=O)C(=O)N(C(CO)C(=O)NC(C(F)(F)F)C(F)(F)F)C4=O)ccc12. The number of aryl methyl sites for hydroxylation is 1. The standard InChI is InChI=1S/C74H58F12N4O12/c1-32(2)36-11-17-40(18-12-36)99-51-26-45-55-46(66(96)89(65(45)95)49(30-91)63(93)87-69(71(75,76)77)72(78,79)80)28-53(101-42-21-15-38(16-22-42)34(5)6)59-60-54(102-43-23-24-44-35(7)9-8-10-39(44)25-43)29-48-56-47(67(97)90(68(48)98)50(31-92)64(94)88-70(73(81,82)83)74(84,85)86)27-52(58(62(56)60)57(51)61(55)59)100-41-19-13-37(14-20-41)33(3)4/h8-29,32-34,49-50,69-70,91-92H,30-31H2,1-7H3,(H,87,93)(H,88,94). The molecule has 0 aliphatic carbocycles. The van der Waals surface area contributed by atoms with Gasteiger partial charge in [-0.2, -0.15) is 52.7 Å². The summed E-state index contributed by atoms with van der Waals surface area (Å²) in [6.07, 6.45) is -24.8. The van der Waals surface area contributed by atoms with E-state index in [-0.39, 0.29) is 93.6 Å². The summed E-state index contributed by atoms with van der Waals surface area (Å²) in [6.45, 7) is 9.59. The van der Waals surface area contributed by atoms with Gasteiger partial charge in [0.15, 0.2) is 0 Å². The molecule has 2 heterocycles. The number of carbonyl (C=O) groups is 6. The van der Waals surface area contributed by atoms with Crippen LogP contribution in [-0.4, -0.2) is 118 Å². The predicted molar refractivity (Wildman–Crippen MR) is 349 cm³/mol. The molecule has 0 bridgehead atoms. The quantitative estimate of drug-likeness (QED) is 0.0258. The Bertz CT molecular complexity index is 5020. The maximum atomic E-state index is 15.7. The Balaban J connectivity index is 1.26. The second-order valence-electron chi connectivity index (χ2n) is 25.6. The number of fused-ring (bicyclic) bond motifs is 3. The van der Waals surface area contributed by atoms with Gasteiger partial charge in [0.25, 0.3) is 23.6 Å². The molecule has 2 aliphatic rings. The van der Waals surface area contributed by atoms with Crippen molar-refractivity contribution in [3.05, 3.63) is 178 Å². The number of hydrogen-bond acceptors (Lipinski definition) is 12. The van der Waals surface area contributed by atoms with Crippen molar-refractivity contribution in [2.45, 2.75) is 115 Å². The number of carbonyl (C=O) groups excluding carboxylic acids is 6. The summed E-state index contributed by atoms with van der Waals surface area (Å²) in [7, 11) is 0. The van der Waals surface area contributed by atoms with E-state index >= 15 is 19.2 Å². The number of aliphatic hydroxyl groups is 2. The molecular formula is C74H58F12N4O12. The molecule has 0 saturated heterocycles. The van der Waals surface area contributed by atoms with Crippen molar-refractivity contribution in [2.75, 3.05) is 13.2 Å². The fourth-order valence-electron chi connectivity index (χ4n) is 12.9. The first-order valence-corrected chi connectivity index (χ1v) is 31.6. The molecule has 0 saturated carbocycles. The monoisotopic (exact) mass is 1420 g/mol. The number of rotatable bonds is 19. The Labute approximate surface area is 570 Å². The summed E-state index contributed by atoms with van der Waals surface area (Å²) in [5.74, 6) is -13.0. The highest BCUT2D eigenvalue weighted by Gasteiger charge is 2.60. The summed E-state index contributed by atoms with van der Waals surface area (Å²) in [5.41, 5.74) is 0.511. The lowest BCUT2D eigenvalue weighted by Crippen LogP contribution is -2.61. The maximum absolute atomic E-state index is 15.7. The summed E-state index contributed by atoms with van der Waals surface area (Å²) in [6, 6.07) is 18.3. The number of hydrogen-bond donors (Lipinski definition) is 4. The van der Waals surface area contributed by atoms with Crippen LogP contribution in [0.3, 0.4) is 0 Å². The highest BCUT2D eigenvalue weighted by atomic mass is 19.4. The molecule has 2 atom stereocenters. The van der Waals surface area contributed by atoms with Gasteiger partial charge in [-0.3, -0.25) is 38.6 Å². The van der Waals surface area contributed by atoms with Crippen molar-refractivity contribution in [1.29, 1.82) is 0 Å². The Morgan fingerprint density at radius 1 is 0.392 bits per heavy atom. The molecule has 12 rings (SSSR count). The van der Waals surface area contributed by atoms with E-state index in [2.05, 4.69) is 0 Å². The van der Waals surface area contributed by atoms with Gasteiger partial charge in [-0.15, -0.1) is 0 Å². The van der Waals surface area contributed by atoms with E-state index in [4.69, 9.17) is 18.9 Å². The number of halogens is 12. The molecule has 2 aliphatic heterocycles. The van der Waals surface area contributed by atoms with Crippen molar-refractivity contribution in [3.8, 4) is 46.0 Å². The Morgan fingerprint density at radius 3 is 0.951 bits per heavy atom. The van der Waals surface area contributed by atoms with Crippen LogP contribution >= 0.6 is 0 Å². The first-order valence-electron chi connectivity index (χ1n) is 31.6. The van der Waals surface area contributed by atoms with Crippen molar-refractivity contribution < 1.29 is 111 Å². The van der Waals surface area contributed by atoms with Crippen molar-refractivity contribution in [3.63, 3.8) is 0 Å². The van der Waals surface area contributed by atoms with E-state index in [9.17, 15) is 72.5 Å². The first-order chi connectivity index (χ1) is 47.9. The predicted octanol–water partition coefficient (Wildman–Crippen LogP) is 16.9. The second kappa shape index (κ2) is 26.0. The average Bonchev–Trinajstić information content (AvgIpc) is 0.671. The fraction of sp³-hybridized carbons (Fsp3) is 0.270. The van der Waals surface area contributed by atoms with E-state index < -0.39 is 143 Å². The zero-order chi connectivity index (χ0) is 73.9. The number of alkyl halides is 12. The van der Waals surface area contributed by atoms with E-state index in [0.29, 0.717) is 5.39 Å². The van der Waals surface area contributed by atoms with Gasteiger partial charge in [0.05, 0.1) is 35.5 Å². The minimum absolute atomic E-state index is 0.0146. The summed E-state index contributed by atoms with van der Waals surface area (Å²) in [4.78, 5) is 90.8. The summed E-state index contributed by atoms with van der Waals surface area (Å²) >= 11 is 0. The molecule has 28 heteroatoms. The lowest BCUT2D eigenvalue weighted by molar-refractivity contribution is -0.259. The second-order valence-corrected chi connectivity index (χ2v) is 25.6. The molecule has 0 radical (unpaired) electrons. The first kappa shape index (κ1) is 71.1. The number of imide groups is 2. The van der Waals surface area contributed by atoms with Gasteiger partial charge >= 0.3 is 24.7 Å². The number of nitrogens with one attached hydrogen (secondary N) is 2. The van der Waals surface area contributed by atoms with Crippen LogP contribution in [0.1, 0.15) is 123 Å². The molecule has 0 fully saturated rings.